The van der Waals surface area contributed by atoms with Crippen molar-refractivity contribution in [1.82, 2.24) is 0 Å². The second kappa shape index (κ2) is 10.5. The quantitative estimate of drug-likeness (QED) is 0.219. The molecule has 0 aromatic heterocycles. The molecule has 0 radical (unpaired) electrons. The highest BCUT2D eigenvalue weighted by Crippen LogP contribution is 2.40. The van der Waals surface area contributed by atoms with E-state index in [2.05, 4.69) is 63.2 Å². The fourth-order valence-electron chi connectivity index (χ4n) is 4.34. The van der Waals surface area contributed by atoms with Crippen molar-refractivity contribution < 1.29 is 4.43 Å². The second-order valence-electron chi connectivity index (χ2n) is 8.39. The first-order valence-corrected chi connectivity index (χ1v) is 14.3. The van der Waals surface area contributed by atoms with Gasteiger partial charge in [-0.1, -0.05) is 101 Å². The molecule has 156 valence electrons. The summed E-state index contributed by atoms with van der Waals surface area (Å²) in [7, 11) is -1.89. The summed E-state index contributed by atoms with van der Waals surface area (Å²) >= 11 is 6.42. The van der Waals surface area contributed by atoms with Crippen molar-refractivity contribution in [2.24, 2.45) is 0 Å². The largest absolute Gasteiger partial charge is 0.543 e. The Morgan fingerprint density at radius 3 is 1.93 bits per heavy atom. The fourth-order valence-corrected chi connectivity index (χ4v) is 9.22. The minimum Gasteiger partial charge on any atom is -0.543 e. The summed E-state index contributed by atoms with van der Waals surface area (Å²) in [5, 5.41) is 5.64. The Hall–Kier alpha value is -1.51. The molecule has 0 unspecified atom stereocenters. The average molecular weight is 427 g/mol. The van der Waals surface area contributed by atoms with Gasteiger partial charge in [0.2, 0.25) is 0 Å². The Labute approximate surface area is 182 Å². The summed E-state index contributed by atoms with van der Waals surface area (Å²) in [6, 6.07) is 20.9. The molecule has 3 rings (SSSR count). The average Bonchev–Trinajstić information content (AvgIpc) is 2.74. The van der Waals surface area contributed by atoms with E-state index >= 15 is 0 Å². The van der Waals surface area contributed by atoms with Crippen LogP contribution >= 0.6 is 11.6 Å². The van der Waals surface area contributed by atoms with Crippen molar-refractivity contribution in [2.45, 2.75) is 77.4 Å². The van der Waals surface area contributed by atoms with Gasteiger partial charge in [-0.25, -0.2) is 0 Å². The van der Waals surface area contributed by atoms with Crippen molar-refractivity contribution in [1.29, 1.82) is 0 Å². The predicted molar refractivity (Wildman–Crippen MR) is 132 cm³/mol. The lowest BCUT2D eigenvalue weighted by atomic mass is 10.0. The van der Waals surface area contributed by atoms with E-state index in [0.717, 1.165) is 16.2 Å². The monoisotopic (exact) mass is 426 g/mol. The van der Waals surface area contributed by atoms with Crippen LogP contribution in [0, 0.1) is 0 Å². The summed E-state index contributed by atoms with van der Waals surface area (Å²) in [6.07, 6.45) is 7.50. The molecule has 0 heterocycles. The molecule has 0 bridgehead atoms. The lowest BCUT2D eigenvalue weighted by molar-refractivity contribution is 0.520. The van der Waals surface area contributed by atoms with Gasteiger partial charge in [-0.3, -0.25) is 0 Å². The van der Waals surface area contributed by atoms with Gasteiger partial charge in [0, 0.05) is 15.8 Å². The Kier molecular flexibility index (Phi) is 8.03. The SMILES string of the molecule is CCCC[Si](CCCC)(CCCC)Oc1c2ccccc2cc2ccc(Cl)cc12. The smallest absolute Gasteiger partial charge is 0.251 e. The Balaban J connectivity index is 2.16. The van der Waals surface area contributed by atoms with Gasteiger partial charge >= 0.3 is 0 Å². The van der Waals surface area contributed by atoms with Gasteiger partial charge in [0.15, 0.2) is 0 Å². The summed E-state index contributed by atoms with van der Waals surface area (Å²) < 4.78 is 7.27. The molecule has 0 aliphatic carbocycles. The first-order valence-electron chi connectivity index (χ1n) is 11.4. The van der Waals surface area contributed by atoms with Crippen LogP contribution in [0.3, 0.4) is 0 Å². The van der Waals surface area contributed by atoms with Crippen molar-refractivity contribution in [3.63, 3.8) is 0 Å². The number of benzene rings is 3. The molecule has 29 heavy (non-hydrogen) atoms. The van der Waals surface area contributed by atoms with Crippen molar-refractivity contribution >= 4 is 41.5 Å². The van der Waals surface area contributed by atoms with E-state index < -0.39 is 8.32 Å². The van der Waals surface area contributed by atoms with Gasteiger partial charge in [-0.2, -0.15) is 0 Å². The molecule has 0 saturated heterocycles. The minimum absolute atomic E-state index is 0.778. The third-order valence-corrected chi connectivity index (χ3v) is 10.7. The summed E-state index contributed by atoms with van der Waals surface area (Å²) in [6.45, 7) is 6.89. The van der Waals surface area contributed by atoms with E-state index in [1.807, 2.05) is 6.07 Å². The Morgan fingerprint density at radius 2 is 1.31 bits per heavy atom. The molecule has 0 N–H and O–H groups in total. The molecule has 3 aromatic carbocycles. The van der Waals surface area contributed by atoms with E-state index in [1.54, 1.807) is 0 Å². The molecule has 0 spiro atoms. The van der Waals surface area contributed by atoms with Gasteiger partial charge in [-0.05, 0) is 47.1 Å². The van der Waals surface area contributed by atoms with Crippen molar-refractivity contribution in [2.75, 3.05) is 0 Å². The zero-order chi connectivity index (χ0) is 20.7. The summed E-state index contributed by atoms with van der Waals surface area (Å²) in [4.78, 5) is 0. The van der Waals surface area contributed by atoms with Crippen LogP contribution in [-0.2, 0) is 0 Å². The van der Waals surface area contributed by atoms with Crippen LogP contribution in [0.1, 0.15) is 59.3 Å². The first-order chi connectivity index (χ1) is 14.1. The molecule has 0 amide bonds. The van der Waals surface area contributed by atoms with Crippen LogP contribution in [0.25, 0.3) is 21.5 Å². The second-order valence-corrected chi connectivity index (χ2v) is 12.9. The standard InChI is InChI=1S/C26H35ClOSi/c1-4-7-16-29(17-8-5-2,18-9-6-3)28-26-24-13-11-10-12-21(24)19-22-14-15-23(27)20-25(22)26/h10-15,19-20H,4-9,16-18H2,1-3H3. The van der Waals surface area contributed by atoms with Gasteiger partial charge in [0.25, 0.3) is 8.32 Å². The summed E-state index contributed by atoms with van der Waals surface area (Å²) in [5.74, 6) is 1.08. The number of halogens is 1. The number of rotatable bonds is 11. The highest BCUT2D eigenvalue weighted by molar-refractivity contribution is 6.74. The van der Waals surface area contributed by atoms with Crippen LogP contribution in [0.5, 0.6) is 5.75 Å². The zero-order valence-electron chi connectivity index (χ0n) is 18.3. The molecule has 3 aromatic rings. The van der Waals surface area contributed by atoms with Crippen LogP contribution in [-0.4, -0.2) is 8.32 Å². The van der Waals surface area contributed by atoms with Crippen molar-refractivity contribution in [3.8, 4) is 5.75 Å². The number of hydrogen-bond acceptors (Lipinski definition) is 1. The lowest BCUT2D eigenvalue weighted by Crippen LogP contribution is -2.41. The molecule has 0 saturated carbocycles. The molecule has 0 atom stereocenters. The highest BCUT2D eigenvalue weighted by Gasteiger charge is 2.36. The molecule has 3 heteroatoms. The normalized spacial score (nSPS) is 12.0. The Morgan fingerprint density at radius 1 is 0.724 bits per heavy atom. The maximum Gasteiger partial charge on any atom is 0.251 e. The molecule has 0 aliphatic heterocycles. The van der Waals surface area contributed by atoms with Crippen molar-refractivity contribution in [3.05, 3.63) is 53.6 Å². The number of fused-ring (bicyclic) bond motifs is 2. The van der Waals surface area contributed by atoms with E-state index in [0.29, 0.717) is 0 Å². The topological polar surface area (TPSA) is 9.23 Å². The predicted octanol–water partition coefficient (Wildman–Crippen LogP) is 9.37. The van der Waals surface area contributed by atoms with Gasteiger partial charge in [-0.15, -0.1) is 0 Å². The van der Waals surface area contributed by atoms with E-state index in [1.165, 1.54) is 72.8 Å². The molecular formula is C26H35ClOSi. The van der Waals surface area contributed by atoms with Crippen LogP contribution in [0.4, 0.5) is 0 Å². The fraction of sp³-hybridized carbons (Fsp3) is 0.462. The van der Waals surface area contributed by atoms with E-state index in [-0.39, 0.29) is 0 Å². The first kappa shape index (κ1) is 22.2. The van der Waals surface area contributed by atoms with Crippen LogP contribution < -0.4 is 4.43 Å². The number of hydrogen-bond donors (Lipinski definition) is 0. The molecule has 0 fully saturated rings. The van der Waals surface area contributed by atoms with Gasteiger partial charge < -0.3 is 4.43 Å². The molecular weight excluding hydrogens is 392 g/mol. The third-order valence-electron chi connectivity index (χ3n) is 6.05. The van der Waals surface area contributed by atoms with E-state index in [4.69, 9.17) is 16.0 Å². The van der Waals surface area contributed by atoms with Gasteiger partial charge in [0.05, 0.1) is 0 Å². The van der Waals surface area contributed by atoms with Crippen LogP contribution in [0.15, 0.2) is 48.5 Å². The zero-order valence-corrected chi connectivity index (χ0v) is 20.0. The summed E-state index contributed by atoms with van der Waals surface area (Å²) in [5.41, 5.74) is 0. The third kappa shape index (κ3) is 5.35. The lowest BCUT2D eigenvalue weighted by Gasteiger charge is -2.34. The number of unbranched alkanes of at least 4 members (excludes halogenated alkanes) is 3. The highest BCUT2D eigenvalue weighted by atomic mass is 35.5. The molecule has 1 nitrogen and oxygen atoms in total. The Bertz CT molecular complexity index is 915. The maximum absolute atomic E-state index is 7.27. The minimum atomic E-state index is -1.89. The van der Waals surface area contributed by atoms with E-state index in [9.17, 15) is 0 Å². The molecule has 0 aliphatic rings. The maximum atomic E-state index is 7.27. The van der Waals surface area contributed by atoms with Crippen LogP contribution in [0.2, 0.25) is 23.2 Å². The van der Waals surface area contributed by atoms with Gasteiger partial charge in [0.1, 0.15) is 5.75 Å².